The third-order valence-corrected chi connectivity index (χ3v) is 3.06. The van der Waals surface area contributed by atoms with E-state index in [0.29, 0.717) is 18.1 Å². The Labute approximate surface area is 121 Å². The summed E-state index contributed by atoms with van der Waals surface area (Å²) in [6.07, 6.45) is 0. The molecule has 108 valence electrons. The smallest absolute Gasteiger partial charge is 0.181 e. The van der Waals surface area contributed by atoms with Gasteiger partial charge in [-0.15, -0.1) is 0 Å². The van der Waals surface area contributed by atoms with Crippen molar-refractivity contribution in [2.24, 2.45) is 0 Å². The Bertz CT molecular complexity index is 733. The van der Waals surface area contributed by atoms with Crippen LogP contribution < -0.4 is 5.32 Å². The first kappa shape index (κ1) is 13.4. The molecule has 0 radical (unpaired) electrons. The second-order valence-electron chi connectivity index (χ2n) is 4.70. The second-order valence-corrected chi connectivity index (χ2v) is 4.70. The molecule has 0 saturated carbocycles. The highest BCUT2D eigenvalue weighted by atomic mass is 16.4. The van der Waals surface area contributed by atoms with Crippen molar-refractivity contribution in [3.8, 4) is 11.4 Å². The van der Waals surface area contributed by atoms with Gasteiger partial charge in [0.05, 0.1) is 6.54 Å². The highest BCUT2D eigenvalue weighted by Gasteiger charge is 2.05. The lowest BCUT2D eigenvalue weighted by Gasteiger charge is -2.05. The maximum Gasteiger partial charge on any atom is 0.181 e. The Morgan fingerprint density at radius 2 is 2.10 bits per heavy atom. The van der Waals surface area contributed by atoms with Crippen LogP contribution in [0.1, 0.15) is 17.3 Å². The summed E-state index contributed by atoms with van der Waals surface area (Å²) in [7, 11) is 0. The monoisotopic (exact) mass is 284 g/mol. The van der Waals surface area contributed by atoms with Gasteiger partial charge in [0, 0.05) is 11.3 Å². The molecule has 0 spiro atoms. The molecule has 0 saturated heterocycles. The molecule has 0 unspecified atom stereocenters. The van der Waals surface area contributed by atoms with E-state index in [0.717, 1.165) is 22.8 Å². The molecular weight excluding hydrogens is 268 g/mol. The molecule has 0 aliphatic heterocycles. The zero-order chi connectivity index (χ0) is 14.7. The summed E-state index contributed by atoms with van der Waals surface area (Å²) in [5.74, 6) is 2.81. The number of aromatic amines is 1. The van der Waals surface area contributed by atoms with Gasteiger partial charge >= 0.3 is 0 Å². The maximum absolute atomic E-state index is 8.97. The van der Waals surface area contributed by atoms with Crippen molar-refractivity contribution in [2.75, 3.05) is 5.32 Å². The first-order valence-corrected chi connectivity index (χ1v) is 6.66. The minimum atomic E-state index is -0.0837. The lowest BCUT2D eigenvalue weighted by molar-refractivity contribution is 0.244. The molecule has 3 aromatic rings. The van der Waals surface area contributed by atoms with Gasteiger partial charge in [0.2, 0.25) is 0 Å². The number of hydrogen-bond acceptors (Lipinski definition) is 5. The van der Waals surface area contributed by atoms with Gasteiger partial charge in [0.25, 0.3) is 0 Å². The molecule has 2 heterocycles. The van der Waals surface area contributed by atoms with E-state index in [1.807, 2.05) is 37.3 Å². The minimum absolute atomic E-state index is 0.0837. The van der Waals surface area contributed by atoms with Gasteiger partial charge in [0.1, 0.15) is 24.0 Å². The van der Waals surface area contributed by atoms with Crippen LogP contribution in [0, 0.1) is 6.92 Å². The highest BCUT2D eigenvalue weighted by Crippen LogP contribution is 2.20. The van der Waals surface area contributed by atoms with Crippen molar-refractivity contribution in [1.29, 1.82) is 0 Å². The molecular formula is C15H16N4O2. The zero-order valence-corrected chi connectivity index (χ0v) is 11.6. The average molecular weight is 284 g/mol. The van der Waals surface area contributed by atoms with E-state index in [9.17, 15) is 0 Å². The number of aryl methyl sites for hydroxylation is 1. The van der Waals surface area contributed by atoms with E-state index < -0.39 is 0 Å². The number of benzene rings is 1. The number of aliphatic hydroxyl groups excluding tert-OH is 1. The van der Waals surface area contributed by atoms with Gasteiger partial charge in [-0.25, -0.2) is 4.98 Å². The Morgan fingerprint density at radius 3 is 2.81 bits per heavy atom. The zero-order valence-electron chi connectivity index (χ0n) is 11.6. The lowest BCUT2D eigenvalue weighted by Crippen LogP contribution is -1.98. The van der Waals surface area contributed by atoms with Gasteiger partial charge < -0.3 is 14.8 Å². The molecule has 0 aliphatic rings. The van der Waals surface area contributed by atoms with Crippen LogP contribution in [0.3, 0.4) is 0 Å². The summed E-state index contributed by atoms with van der Waals surface area (Å²) in [4.78, 5) is 4.31. The second kappa shape index (κ2) is 5.80. The summed E-state index contributed by atoms with van der Waals surface area (Å²) in [6.45, 7) is 2.34. The van der Waals surface area contributed by atoms with Crippen LogP contribution in [0.25, 0.3) is 11.4 Å². The van der Waals surface area contributed by atoms with E-state index in [-0.39, 0.29) is 6.61 Å². The summed E-state index contributed by atoms with van der Waals surface area (Å²) in [6, 6.07) is 11.5. The fourth-order valence-electron chi connectivity index (χ4n) is 2.03. The van der Waals surface area contributed by atoms with E-state index in [2.05, 4.69) is 20.5 Å². The van der Waals surface area contributed by atoms with E-state index in [1.54, 1.807) is 6.07 Å². The van der Waals surface area contributed by atoms with Crippen molar-refractivity contribution in [3.63, 3.8) is 0 Å². The summed E-state index contributed by atoms with van der Waals surface area (Å²) in [5.41, 5.74) is 1.90. The SMILES string of the molecule is Cc1nc(-c2cccc(NCc3ccc(CO)o3)c2)n[nH]1. The number of aromatic nitrogens is 3. The normalized spacial score (nSPS) is 10.8. The Morgan fingerprint density at radius 1 is 1.24 bits per heavy atom. The molecule has 0 bridgehead atoms. The van der Waals surface area contributed by atoms with Gasteiger partial charge in [-0.1, -0.05) is 12.1 Å². The Balaban J connectivity index is 1.71. The number of nitrogens with one attached hydrogen (secondary N) is 2. The molecule has 2 aromatic heterocycles. The summed E-state index contributed by atoms with van der Waals surface area (Å²) < 4.78 is 5.43. The largest absolute Gasteiger partial charge is 0.462 e. The molecule has 0 fully saturated rings. The molecule has 3 N–H and O–H groups in total. The van der Waals surface area contributed by atoms with Gasteiger partial charge in [0.15, 0.2) is 5.82 Å². The Kier molecular flexibility index (Phi) is 3.70. The van der Waals surface area contributed by atoms with Crippen LogP contribution in [0.4, 0.5) is 5.69 Å². The minimum Gasteiger partial charge on any atom is -0.462 e. The number of aliphatic hydroxyl groups is 1. The molecule has 0 aliphatic carbocycles. The van der Waals surface area contributed by atoms with Crippen LogP contribution >= 0.6 is 0 Å². The summed E-state index contributed by atoms with van der Waals surface area (Å²) >= 11 is 0. The standard InChI is InChI=1S/C15H16N4O2/c1-10-17-15(19-18-10)11-3-2-4-12(7-11)16-8-13-5-6-14(9-20)21-13/h2-7,16,20H,8-9H2,1H3,(H,17,18,19). The summed E-state index contributed by atoms with van der Waals surface area (Å²) in [5, 5.41) is 19.2. The number of H-pyrrole nitrogens is 1. The molecule has 3 rings (SSSR count). The predicted octanol–water partition coefficient (Wildman–Crippen LogP) is 2.48. The van der Waals surface area contributed by atoms with Crippen molar-refractivity contribution in [1.82, 2.24) is 15.2 Å². The van der Waals surface area contributed by atoms with E-state index in [1.165, 1.54) is 0 Å². The fourth-order valence-corrected chi connectivity index (χ4v) is 2.03. The van der Waals surface area contributed by atoms with Crippen LogP contribution in [-0.4, -0.2) is 20.3 Å². The number of anilines is 1. The lowest BCUT2D eigenvalue weighted by atomic mass is 10.2. The molecule has 0 atom stereocenters. The van der Waals surface area contributed by atoms with Crippen molar-refractivity contribution in [3.05, 3.63) is 53.7 Å². The number of hydrogen-bond donors (Lipinski definition) is 3. The predicted molar refractivity (Wildman–Crippen MR) is 78.5 cm³/mol. The van der Waals surface area contributed by atoms with Crippen molar-refractivity contribution >= 4 is 5.69 Å². The Hall–Kier alpha value is -2.60. The fraction of sp³-hybridized carbons (Fsp3) is 0.200. The maximum atomic E-state index is 8.97. The number of rotatable bonds is 5. The van der Waals surface area contributed by atoms with Crippen LogP contribution in [-0.2, 0) is 13.2 Å². The molecule has 1 aromatic carbocycles. The third-order valence-electron chi connectivity index (χ3n) is 3.06. The quantitative estimate of drug-likeness (QED) is 0.670. The molecule has 6 nitrogen and oxygen atoms in total. The van der Waals surface area contributed by atoms with E-state index >= 15 is 0 Å². The van der Waals surface area contributed by atoms with Crippen molar-refractivity contribution < 1.29 is 9.52 Å². The molecule has 0 amide bonds. The molecule has 21 heavy (non-hydrogen) atoms. The van der Waals surface area contributed by atoms with Gasteiger partial charge in [-0.3, -0.25) is 5.10 Å². The number of furan rings is 1. The van der Waals surface area contributed by atoms with Gasteiger partial charge in [-0.2, -0.15) is 5.10 Å². The van der Waals surface area contributed by atoms with Crippen LogP contribution in [0.15, 0.2) is 40.8 Å². The third kappa shape index (κ3) is 3.11. The van der Waals surface area contributed by atoms with Crippen LogP contribution in [0.5, 0.6) is 0 Å². The molecule has 6 heteroatoms. The number of nitrogens with zero attached hydrogens (tertiary/aromatic N) is 2. The van der Waals surface area contributed by atoms with E-state index in [4.69, 9.17) is 9.52 Å². The average Bonchev–Trinajstić information content (AvgIpc) is 3.14. The first-order valence-electron chi connectivity index (χ1n) is 6.66. The van der Waals surface area contributed by atoms with Gasteiger partial charge in [-0.05, 0) is 31.2 Å². The topological polar surface area (TPSA) is 87.0 Å². The van der Waals surface area contributed by atoms with Crippen LogP contribution in [0.2, 0.25) is 0 Å². The first-order chi connectivity index (χ1) is 10.2. The highest BCUT2D eigenvalue weighted by molar-refractivity contribution is 5.62. The van der Waals surface area contributed by atoms with Crippen molar-refractivity contribution in [2.45, 2.75) is 20.1 Å².